The summed E-state index contributed by atoms with van der Waals surface area (Å²) in [5.41, 5.74) is 0. The highest BCUT2D eigenvalue weighted by Crippen LogP contribution is 2.55. The molecule has 0 amide bonds. The third-order valence-corrected chi connectivity index (χ3v) is 3.05. The maximum atomic E-state index is 13.1. The third kappa shape index (κ3) is 3.24. The minimum Gasteiger partial charge on any atom is -0.480 e. The predicted molar refractivity (Wildman–Crippen MR) is 55.6 cm³/mol. The predicted octanol–water partition coefficient (Wildman–Crippen LogP) is 4.12. The summed E-state index contributed by atoms with van der Waals surface area (Å²) in [6.45, 7) is 0.478. The Kier molecular flexibility index (Phi) is 4.98. The van der Waals surface area contributed by atoms with Gasteiger partial charge in [0.1, 0.15) is 3.42 Å². The molecule has 0 aromatic carbocycles. The van der Waals surface area contributed by atoms with E-state index in [0.717, 1.165) is 22.6 Å². The summed E-state index contributed by atoms with van der Waals surface area (Å²) in [7, 11) is 0. The highest BCUT2D eigenvalue weighted by Gasteiger charge is 2.82. The van der Waals surface area contributed by atoms with Gasteiger partial charge in [-0.25, -0.2) is 0 Å². The summed E-state index contributed by atoms with van der Waals surface area (Å²) in [5, 5.41) is 8.44. The van der Waals surface area contributed by atoms with E-state index in [4.69, 9.17) is 5.11 Å². The summed E-state index contributed by atoms with van der Waals surface area (Å²) >= 11 is 0.741. The summed E-state index contributed by atoms with van der Waals surface area (Å²) in [4.78, 5) is 10.5. The van der Waals surface area contributed by atoms with Gasteiger partial charge in [-0.2, -0.15) is 39.5 Å². The molecule has 0 aliphatic carbocycles. The standard InChI is InChI=1S/C8H6F9IO2/c1-4(18,3(19)20)2-5(9,10)6(11,12)7(13,14)8(15,16)17/h2H2,1H3,(H,19,20). The first-order valence-corrected chi connectivity index (χ1v) is 5.60. The van der Waals surface area contributed by atoms with Gasteiger partial charge in [-0.05, 0) is 6.92 Å². The number of halogens is 10. The first kappa shape index (κ1) is 19.6. The van der Waals surface area contributed by atoms with Crippen molar-refractivity contribution in [3.8, 4) is 0 Å². The fourth-order valence-corrected chi connectivity index (χ4v) is 1.49. The van der Waals surface area contributed by atoms with Gasteiger partial charge >= 0.3 is 29.9 Å². The van der Waals surface area contributed by atoms with Gasteiger partial charge in [0, 0.05) is 6.42 Å². The summed E-state index contributed by atoms with van der Waals surface area (Å²) in [6, 6.07) is 0. The molecule has 120 valence electrons. The van der Waals surface area contributed by atoms with Crippen LogP contribution in [0.2, 0.25) is 0 Å². The molecular weight excluding hydrogens is 426 g/mol. The molecule has 1 unspecified atom stereocenters. The van der Waals surface area contributed by atoms with Crippen molar-refractivity contribution in [2.24, 2.45) is 0 Å². The highest BCUT2D eigenvalue weighted by atomic mass is 127. The molecule has 0 spiro atoms. The first-order chi connectivity index (χ1) is 8.40. The Morgan fingerprint density at radius 1 is 0.950 bits per heavy atom. The second-order valence-electron chi connectivity index (χ2n) is 4.03. The second kappa shape index (κ2) is 5.09. The molecule has 12 heteroatoms. The molecule has 20 heavy (non-hydrogen) atoms. The van der Waals surface area contributed by atoms with E-state index in [1.54, 1.807) is 0 Å². The van der Waals surface area contributed by atoms with E-state index in [1.165, 1.54) is 0 Å². The van der Waals surface area contributed by atoms with Gasteiger partial charge in [-0.1, -0.05) is 22.6 Å². The summed E-state index contributed by atoms with van der Waals surface area (Å²) in [6.07, 6.45) is -9.32. The highest BCUT2D eigenvalue weighted by molar-refractivity contribution is 14.1. The lowest BCUT2D eigenvalue weighted by atomic mass is 9.94. The fourth-order valence-electron chi connectivity index (χ4n) is 1.01. The molecule has 0 saturated heterocycles. The van der Waals surface area contributed by atoms with Crippen molar-refractivity contribution >= 4 is 28.6 Å². The Balaban J connectivity index is 5.65. The fraction of sp³-hybridized carbons (Fsp3) is 0.875. The monoisotopic (exact) mass is 432 g/mol. The van der Waals surface area contributed by atoms with Gasteiger partial charge in [0.05, 0.1) is 0 Å². The van der Waals surface area contributed by atoms with Crippen LogP contribution in [0.25, 0.3) is 0 Å². The molecular formula is C8H6F9IO2. The van der Waals surface area contributed by atoms with Crippen LogP contribution in [-0.4, -0.2) is 38.4 Å². The van der Waals surface area contributed by atoms with E-state index in [1.807, 2.05) is 0 Å². The van der Waals surface area contributed by atoms with Crippen molar-refractivity contribution < 1.29 is 49.4 Å². The molecule has 1 atom stereocenters. The molecule has 0 bridgehead atoms. The van der Waals surface area contributed by atoms with Crippen LogP contribution in [0.5, 0.6) is 0 Å². The van der Waals surface area contributed by atoms with Gasteiger partial charge in [-0.3, -0.25) is 4.79 Å². The van der Waals surface area contributed by atoms with Crippen LogP contribution in [0.3, 0.4) is 0 Å². The maximum Gasteiger partial charge on any atom is 0.460 e. The van der Waals surface area contributed by atoms with Gasteiger partial charge in [0.25, 0.3) is 0 Å². The van der Waals surface area contributed by atoms with Crippen molar-refractivity contribution in [1.29, 1.82) is 0 Å². The SMILES string of the molecule is CC(I)(CC(F)(F)C(F)(F)C(F)(F)C(F)(F)F)C(=O)O. The quantitative estimate of drug-likeness (QED) is 0.404. The number of hydrogen-bond acceptors (Lipinski definition) is 1. The van der Waals surface area contributed by atoms with Crippen molar-refractivity contribution in [3.63, 3.8) is 0 Å². The molecule has 2 nitrogen and oxygen atoms in total. The van der Waals surface area contributed by atoms with Crippen molar-refractivity contribution in [3.05, 3.63) is 0 Å². The molecule has 0 rings (SSSR count). The van der Waals surface area contributed by atoms with E-state index in [2.05, 4.69) is 0 Å². The first-order valence-electron chi connectivity index (χ1n) is 4.52. The molecule has 0 aromatic rings. The number of carboxylic acids is 1. The van der Waals surface area contributed by atoms with E-state index in [0.29, 0.717) is 6.92 Å². The number of aliphatic carboxylic acids is 1. The normalized spacial score (nSPS) is 17.8. The number of carbonyl (C=O) groups is 1. The number of carboxylic acid groups (broad SMARTS) is 1. The van der Waals surface area contributed by atoms with Gasteiger partial charge in [0.15, 0.2) is 0 Å². The van der Waals surface area contributed by atoms with Crippen molar-refractivity contribution in [2.75, 3.05) is 0 Å². The van der Waals surface area contributed by atoms with Crippen LogP contribution < -0.4 is 0 Å². The van der Waals surface area contributed by atoms with Crippen LogP contribution in [0.4, 0.5) is 39.5 Å². The van der Waals surface area contributed by atoms with Crippen LogP contribution in [0.1, 0.15) is 13.3 Å². The van der Waals surface area contributed by atoms with Crippen molar-refractivity contribution in [2.45, 2.75) is 40.7 Å². The average molecular weight is 432 g/mol. The topological polar surface area (TPSA) is 37.3 Å². The molecule has 0 heterocycles. The van der Waals surface area contributed by atoms with Crippen molar-refractivity contribution in [1.82, 2.24) is 0 Å². The molecule has 0 fully saturated rings. The van der Waals surface area contributed by atoms with E-state index < -0.39 is 39.8 Å². The maximum absolute atomic E-state index is 13.1. The zero-order chi connectivity index (χ0) is 16.8. The zero-order valence-electron chi connectivity index (χ0n) is 9.34. The Bertz CT molecular complexity index is 388. The molecule has 0 aliphatic rings. The molecule has 0 aromatic heterocycles. The van der Waals surface area contributed by atoms with Gasteiger partial charge in [-0.15, -0.1) is 0 Å². The van der Waals surface area contributed by atoms with E-state index in [9.17, 15) is 44.3 Å². The smallest absolute Gasteiger partial charge is 0.460 e. The second-order valence-corrected chi connectivity index (χ2v) is 6.41. The Morgan fingerprint density at radius 3 is 1.55 bits per heavy atom. The average Bonchev–Trinajstić information content (AvgIpc) is 2.12. The Morgan fingerprint density at radius 2 is 1.30 bits per heavy atom. The lowest BCUT2D eigenvalue weighted by Crippen LogP contribution is -2.62. The van der Waals surface area contributed by atoms with Crippen LogP contribution in [0, 0.1) is 0 Å². The minimum atomic E-state index is -7.01. The third-order valence-electron chi connectivity index (χ3n) is 2.21. The van der Waals surface area contributed by atoms with Crippen LogP contribution >= 0.6 is 22.6 Å². The summed E-state index contributed by atoms with van der Waals surface area (Å²) < 4.78 is 109. The largest absolute Gasteiger partial charge is 0.480 e. The molecule has 0 saturated carbocycles. The van der Waals surface area contributed by atoms with Gasteiger partial charge in [0.2, 0.25) is 0 Å². The van der Waals surface area contributed by atoms with Crippen LogP contribution in [0.15, 0.2) is 0 Å². The van der Waals surface area contributed by atoms with Crippen LogP contribution in [-0.2, 0) is 4.79 Å². The van der Waals surface area contributed by atoms with E-state index >= 15 is 0 Å². The molecule has 0 radical (unpaired) electrons. The van der Waals surface area contributed by atoms with Gasteiger partial charge < -0.3 is 5.11 Å². The number of alkyl halides is 10. The summed E-state index contributed by atoms with van der Waals surface area (Å²) in [5.74, 6) is -21.8. The molecule has 0 aliphatic heterocycles. The minimum absolute atomic E-state index is 0.478. The Hall–Kier alpha value is -0.430. The Labute approximate surface area is 119 Å². The van der Waals surface area contributed by atoms with E-state index in [-0.39, 0.29) is 0 Å². The lowest BCUT2D eigenvalue weighted by molar-refractivity contribution is -0.397. The lowest BCUT2D eigenvalue weighted by Gasteiger charge is -2.35. The molecule has 1 N–H and O–H groups in total. The zero-order valence-corrected chi connectivity index (χ0v) is 11.5. The number of rotatable bonds is 5. The number of hydrogen-bond donors (Lipinski definition) is 1.